The van der Waals surface area contributed by atoms with Crippen LogP contribution in [0.15, 0.2) is 24.3 Å². The lowest BCUT2D eigenvalue weighted by atomic mass is 10.0. The first-order valence-electron chi connectivity index (χ1n) is 11.0. The second-order valence-corrected chi connectivity index (χ2v) is 9.64. The lowest BCUT2D eigenvalue weighted by Gasteiger charge is -2.31. The molecule has 176 valence electrons. The number of fused-ring (bicyclic) bond motifs is 1. The summed E-state index contributed by atoms with van der Waals surface area (Å²) in [5.41, 5.74) is 8.12. The van der Waals surface area contributed by atoms with E-state index in [-0.39, 0.29) is 11.9 Å². The van der Waals surface area contributed by atoms with Crippen LogP contribution in [-0.4, -0.2) is 49.0 Å². The molecule has 2 aromatic carbocycles. The van der Waals surface area contributed by atoms with Crippen LogP contribution in [0.2, 0.25) is 15.1 Å². The number of halogens is 3. The molecule has 2 aromatic rings. The fraction of sp³-hybridized carbons (Fsp3) is 0.417. The molecule has 0 radical (unpaired) electrons. The van der Waals surface area contributed by atoms with Crippen molar-refractivity contribution in [2.45, 2.75) is 38.2 Å². The van der Waals surface area contributed by atoms with Gasteiger partial charge >= 0.3 is 5.97 Å². The number of hydrogen-bond donors (Lipinski definition) is 1. The maximum atomic E-state index is 12.8. The fourth-order valence-corrected chi connectivity index (χ4v) is 5.06. The van der Waals surface area contributed by atoms with Gasteiger partial charge in [-0.2, -0.15) is 0 Å². The van der Waals surface area contributed by atoms with Crippen molar-refractivity contribution in [2.75, 3.05) is 32.0 Å². The van der Waals surface area contributed by atoms with Gasteiger partial charge in [0.25, 0.3) is 0 Å². The lowest BCUT2D eigenvalue weighted by Crippen LogP contribution is -2.38. The Morgan fingerprint density at radius 3 is 2.48 bits per heavy atom. The Morgan fingerprint density at radius 1 is 1.09 bits per heavy atom. The fourth-order valence-electron chi connectivity index (χ4n) is 4.31. The van der Waals surface area contributed by atoms with Crippen molar-refractivity contribution >= 4 is 52.2 Å². The summed E-state index contributed by atoms with van der Waals surface area (Å²) in [4.78, 5) is 27.5. The summed E-state index contributed by atoms with van der Waals surface area (Å²) in [6.45, 7) is 2.87. The van der Waals surface area contributed by atoms with E-state index in [1.807, 2.05) is 0 Å². The molecular formula is C24H25Cl3N2O4. The highest BCUT2D eigenvalue weighted by Crippen LogP contribution is 2.39. The second-order valence-electron chi connectivity index (χ2n) is 8.36. The van der Waals surface area contributed by atoms with Crippen molar-refractivity contribution in [3.63, 3.8) is 0 Å². The number of ketones is 1. The highest BCUT2D eigenvalue weighted by molar-refractivity contribution is 6.35. The van der Waals surface area contributed by atoms with Crippen molar-refractivity contribution < 1.29 is 19.1 Å². The third-order valence-electron chi connectivity index (χ3n) is 6.06. The van der Waals surface area contributed by atoms with Gasteiger partial charge in [-0.25, -0.2) is 4.79 Å². The number of nitrogens with two attached hydrogens (primary N) is 1. The van der Waals surface area contributed by atoms with E-state index >= 15 is 0 Å². The summed E-state index contributed by atoms with van der Waals surface area (Å²) >= 11 is 18.2. The highest BCUT2D eigenvalue weighted by atomic mass is 35.5. The van der Waals surface area contributed by atoms with Gasteiger partial charge < -0.3 is 20.1 Å². The zero-order valence-electron chi connectivity index (χ0n) is 18.0. The van der Waals surface area contributed by atoms with Gasteiger partial charge in [-0.3, -0.25) is 4.79 Å². The molecule has 4 rings (SSSR count). The van der Waals surface area contributed by atoms with E-state index in [0.29, 0.717) is 57.1 Å². The Hall–Kier alpha value is -1.99. The number of likely N-dealkylation sites (tertiary alicyclic amines) is 1. The molecule has 2 N–H and O–H groups in total. The first-order chi connectivity index (χ1) is 15.8. The predicted molar refractivity (Wildman–Crippen MR) is 130 cm³/mol. The average molecular weight is 512 g/mol. The summed E-state index contributed by atoms with van der Waals surface area (Å²) in [5, 5.41) is 1.26. The number of esters is 1. The SMILES string of the molecule is Nc1c(Cl)cc(C(=O)OC2CCN(CCCC(=O)c3cc(Cl)cc(Cl)c3)CC2)c2c1CCO2. The number of nitrogen functional groups attached to an aromatic ring is 1. The van der Waals surface area contributed by atoms with E-state index in [1.54, 1.807) is 18.2 Å². The molecule has 2 aliphatic heterocycles. The molecule has 0 amide bonds. The van der Waals surface area contributed by atoms with Crippen molar-refractivity contribution in [3.8, 4) is 5.75 Å². The van der Waals surface area contributed by atoms with Crippen LogP contribution in [0.4, 0.5) is 5.69 Å². The minimum atomic E-state index is -0.431. The summed E-state index contributed by atoms with van der Waals surface area (Å²) in [6, 6.07) is 6.43. The monoisotopic (exact) mass is 510 g/mol. The first-order valence-corrected chi connectivity index (χ1v) is 12.1. The molecule has 0 atom stereocenters. The number of piperidine rings is 1. The minimum absolute atomic E-state index is 0.0279. The van der Waals surface area contributed by atoms with Crippen LogP contribution in [-0.2, 0) is 11.2 Å². The molecule has 0 bridgehead atoms. The smallest absolute Gasteiger partial charge is 0.342 e. The number of ether oxygens (including phenoxy) is 2. The van der Waals surface area contributed by atoms with Crippen LogP contribution in [0.3, 0.4) is 0 Å². The molecule has 0 saturated carbocycles. The molecule has 1 fully saturated rings. The standard InChI is InChI=1S/C24H25Cl3N2O4/c25-15-10-14(11-16(26)12-15)21(30)2-1-6-29-7-3-17(4-8-29)33-24(31)19-13-20(27)22(28)18-5-9-32-23(18)19/h10-13,17H,1-9,28H2. The van der Waals surface area contributed by atoms with Crippen LogP contribution in [0.1, 0.15) is 52.0 Å². The Balaban J connectivity index is 1.24. The van der Waals surface area contributed by atoms with E-state index in [0.717, 1.165) is 44.5 Å². The molecule has 6 nitrogen and oxygen atoms in total. The van der Waals surface area contributed by atoms with Crippen LogP contribution >= 0.6 is 34.8 Å². The normalized spacial score (nSPS) is 16.3. The highest BCUT2D eigenvalue weighted by Gasteiger charge is 2.29. The number of nitrogens with zero attached hydrogens (tertiary/aromatic N) is 1. The van der Waals surface area contributed by atoms with Gasteiger partial charge in [-0.1, -0.05) is 34.8 Å². The van der Waals surface area contributed by atoms with Gasteiger partial charge in [-0.15, -0.1) is 0 Å². The maximum absolute atomic E-state index is 12.8. The average Bonchev–Trinajstić information content (AvgIpc) is 3.27. The Bertz CT molecular complexity index is 1050. The zero-order chi connectivity index (χ0) is 23.5. The molecule has 33 heavy (non-hydrogen) atoms. The number of rotatable bonds is 7. The third kappa shape index (κ3) is 5.75. The molecule has 1 saturated heterocycles. The van der Waals surface area contributed by atoms with Crippen molar-refractivity contribution in [1.82, 2.24) is 4.90 Å². The van der Waals surface area contributed by atoms with Gasteiger partial charge in [-0.05, 0) is 50.1 Å². The molecule has 9 heteroatoms. The second kappa shape index (κ2) is 10.5. The lowest BCUT2D eigenvalue weighted by molar-refractivity contribution is 0.0109. The van der Waals surface area contributed by atoms with E-state index in [9.17, 15) is 9.59 Å². The van der Waals surface area contributed by atoms with E-state index in [4.69, 9.17) is 50.0 Å². The van der Waals surface area contributed by atoms with Crippen LogP contribution in [0.5, 0.6) is 5.75 Å². The predicted octanol–water partition coefficient (Wildman–Crippen LogP) is 5.45. The summed E-state index contributed by atoms with van der Waals surface area (Å²) in [7, 11) is 0. The number of carbonyl (C=O) groups excluding carboxylic acids is 2. The number of Topliss-reactive ketones (excluding diaryl/α,β-unsaturated/α-hetero) is 1. The molecule has 0 unspecified atom stereocenters. The third-order valence-corrected chi connectivity index (χ3v) is 6.81. The summed E-state index contributed by atoms with van der Waals surface area (Å²) in [6.07, 6.45) is 3.09. The van der Waals surface area contributed by atoms with Gasteiger partial charge in [0.15, 0.2) is 5.78 Å². The first kappa shape index (κ1) is 24.1. The Morgan fingerprint density at radius 2 is 1.79 bits per heavy atom. The van der Waals surface area contributed by atoms with Crippen LogP contribution < -0.4 is 10.5 Å². The number of carbonyl (C=O) groups is 2. The molecule has 2 heterocycles. The largest absolute Gasteiger partial charge is 0.492 e. The van der Waals surface area contributed by atoms with Gasteiger partial charge in [0.05, 0.1) is 17.3 Å². The van der Waals surface area contributed by atoms with Crippen LogP contribution in [0.25, 0.3) is 0 Å². The van der Waals surface area contributed by atoms with E-state index in [1.165, 1.54) is 6.07 Å². The Kier molecular flexibility index (Phi) is 7.69. The number of anilines is 1. The molecule has 0 aliphatic carbocycles. The van der Waals surface area contributed by atoms with Crippen molar-refractivity contribution in [1.29, 1.82) is 0 Å². The van der Waals surface area contributed by atoms with Crippen LogP contribution in [0, 0.1) is 0 Å². The topological polar surface area (TPSA) is 81.9 Å². The molecule has 0 spiro atoms. The summed E-state index contributed by atoms with van der Waals surface area (Å²) < 4.78 is 11.4. The Labute approximate surface area is 207 Å². The summed E-state index contributed by atoms with van der Waals surface area (Å²) in [5.74, 6) is 0.0874. The molecule has 0 aromatic heterocycles. The number of benzene rings is 2. The van der Waals surface area contributed by atoms with E-state index in [2.05, 4.69) is 4.90 Å². The molecule has 2 aliphatic rings. The van der Waals surface area contributed by atoms with Crippen molar-refractivity contribution in [2.24, 2.45) is 0 Å². The quantitative estimate of drug-likeness (QED) is 0.302. The number of hydrogen-bond acceptors (Lipinski definition) is 6. The molecular weight excluding hydrogens is 487 g/mol. The van der Waals surface area contributed by atoms with Gasteiger partial charge in [0.1, 0.15) is 17.4 Å². The van der Waals surface area contributed by atoms with Crippen molar-refractivity contribution in [3.05, 3.63) is 56.0 Å². The van der Waals surface area contributed by atoms with Gasteiger partial charge in [0.2, 0.25) is 0 Å². The zero-order valence-corrected chi connectivity index (χ0v) is 20.3. The van der Waals surface area contributed by atoms with E-state index < -0.39 is 5.97 Å². The maximum Gasteiger partial charge on any atom is 0.342 e. The minimum Gasteiger partial charge on any atom is -0.492 e. The van der Waals surface area contributed by atoms with Gasteiger partial charge in [0, 0.05) is 47.1 Å².